The van der Waals surface area contributed by atoms with Crippen LogP contribution in [0.15, 0.2) is 53.1 Å². The molecule has 0 N–H and O–H groups in total. The Morgan fingerprint density at radius 1 is 1.25 bits per heavy atom. The normalized spacial score (nSPS) is 16.4. The van der Waals surface area contributed by atoms with E-state index in [1.165, 1.54) is 11.1 Å². The van der Waals surface area contributed by atoms with Crippen LogP contribution in [0, 0.1) is 18.3 Å². The first-order chi connectivity index (χ1) is 13.6. The van der Waals surface area contributed by atoms with Crippen molar-refractivity contribution < 1.29 is 9.32 Å². The Bertz CT molecular complexity index is 1030. The molecule has 28 heavy (non-hydrogen) atoms. The molecule has 1 atom stereocenters. The average Bonchev–Trinajstić information content (AvgIpc) is 3.35. The molecule has 0 spiro atoms. The second-order valence-corrected chi connectivity index (χ2v) is 7.13. The fraction of sp³-hybridized carbons (Fsp3) is 0.273. The van der Waals surface area contributed by atoms with Gasteiger partial charge in [0.05, 0.1) is 11.6 Å². The zero-order chi connectivity index (χ0) is 19.5. The quantitative estimate of drug-likeness (QED) is 0.685. The van der Waals surface area contributed by atoms with Crippen molar-refractivity contribution in [3.05, 3.63) is 71.0 Å². The van der Waals surface area contributed by atoms with Crippen molar-refractivity contribution in [3.8, 4) is 17.5 Å². The Morgan fingerprint density at radius 2 is 2.07 bits per heavy atom. The van der Waals surface area contributed by atoms with Gasteiger partial charge in [-0.2, -0.15) is 10.2 Å². The van der Waals surface area contributed by atoms with Crippen molar-refractivity contribution in [3.63, 3.8) is 0 Å². The van der Waals surface area contributed by atoms with Gasteiger partial charge in [-0.05, 0) is 37.1 Å². The summed E-state index contributed by atoms with van der Waals surface area (Å²) in [6.45, 7) is 3.35. The van der Waals surface area contributed by atoms with E-state index in [4.69, 9.17) is 9.78 Å². The van der Waals surface area contributed by atoms with E-state index in [1.54, 1.807) is 18.2 Å². The Kier molecular flexibility index (Phi) is 4.90. The molecule has 1 aromatic heterocycles. The molecule has 0 radical (unpaired) electrons. The summed E-state index contributed by atoms with van der Waals surface area (Å²) in [6, 6.07) is 17.5. The lowest BCUT2D eigenvalue weighted by atomic mass is 10.1. The molecule has 1 aliphatic rings. The lowest BCUT2D eigenvalue weighted by Crippen LogP contribution is -2.27. The van der Waals surface area contributed by atoms with E-state index in [2.05, 4.69) is 47.4 Å². The monoisotopic (exact) mass is 372 g/mol. The van der Waals surface area contributed by atoms with Crippen LogP contribution in [0.3, 0.4) is 0 Å². The van der Waals surface area contributed by atoms with Crippen LogP contribution in [0.5, 0.6) is 0 Å². The number of hydrogen-bond acceptors (Lipinski definition) is 5. The minimum atomic E-state index is -0.0674. The molecule has 0 bridgehead atoms. The summed E-state index contributed by atoms with van der Waals surface area (Å²) >= 11 is 0. The number of benzene rings is 2. The Morgan fingerprint density at radius 3 is 2.86 bits per heavy atom. The van der Waals surface area contributed by atoms with E-state index in [-0.39, 0.29) is 11.8 Å². The number of nitrogens with zero attached hydrogens (tertiary/aromatic N) is 4. The predicted molar refractivity (Wildman–Crippen MR) is 103 cm³/mol. The van der Waals surface area contributed by atoms with Gasteiger partial charge in [0.1, 0.15) is 0 Å². The van der Waals surface area contributed by atoms with Crippen molar-refractivity contribution in [2.45, 2.75) is 25.7 Å². The first-order valence-electron chi connectivity index (χ1n) is 9.30. The maximum atomic E-state index is 12.4. The average molecular weight is 372 g/mol. The lowest BCUT2D eigenvalue weighted by Gasteiger charge is -2.16. The fourth-order valence-electron chi connectivity index (χ4n) is 3.42. The summed E-state index contributed by atoms with van der Waals surface area (Å²) in [4.78, 5) is 18.7. The summed E-state index contributed by atoms with van der Waals surface area (Å²) < 4.78 is 5.37. The summed E-state index contributed by atoms with van der Waals surface area (Å²) in [5, 5.41) is 13.1. The van der Waals surface area contributed by atoms with Crippen LogP contribution in [0.4, 0.5) is 0 Å². The van der Waals surface area contributed by atoms with Gasteiger partial charge in [0.15, 0.2) is 5.82 Å². The van der Waals surface area contributed by atoms with Crippen molar-refractivity contribution in [2.75, 3.05) is 13.1 Å². The molecule has 1 fully saturated rings. The summed E-state index contributed by atoms with van der Waals surface area (Å²) in [5.41, 5.74) is 3.70. The van der Waals surface area contributed by atoms with E-state index in [0.717, 1.165) is 6.42 Å². The highest BCUT2D eigenvalue weighted by molar-refractivity contribution is 5.79. The van der Waals surface area contributed by atoms with Crippen LogP contribution in [0.25, 0.3) is 11.5 Å². The Balaban J connectivity index is 1.42. The number of carbonyl (C=O) groups is 1. The van der Waals surface area contributed by atoms with Gasteiger partial charge in [-0.1, -0.05) is 41.1 Å². The van der Waals surface area contributed by atoms with Gasteiger partial charge in [0, 0.05) is 31.0 Å². The standard InChI is InChI=1S/C22H20N4O2/c1-15-5-7-16(8-6-15)9-10-26-14-19(12-20(26)27)21-24-22(28-25-21)18-4-2-3-17(11-18)13-23/h2-8,11,19H,9-10,12,14H2,1H3. The third-order valence-corrected chi connectivity index (χ3v) is 5.05. The van der Waals surface area contributed by atoms with Gasteiger partial charge >= 0.3 is 0 Å². The van der Waals surface area contributed by atoms with Gasteiger partial charge < -0.3 is 9.42 Å². The third-order valence-electron chi connectivity index (χ3n) is 5.05. The van der Waals surface area contributed by atoms with Crippen molar-refractivity contribution in [2.24, 2.45) is 0 Å². The number of amides is 1. The highest BCUT2D eigenvalue weighted by Gasteiger charge is 2.33. The van der Waals surface area contributed by atoms with Gasteiger partial charge in [-0.25, -0.2) is 0 Å². The first-order valence-corrected chi connectivity index (χ1v) is 9.30. The van der Waals surface area contributed by atoms with Crippen molar-refractivity contribution >= 4 is 5.91 Å². The zero-order valence-corrected chi connectivity index (χ0v) is 15.6. The highest BCUT2D eigenvalue weighted by atomic mass is 16.5. The number of hydrogen-bond donors (Lipinski definition) is 0. The van der Waals surface area contributed by atoms with Gasteiger partial charge in [0.2, 0.25) is 5.91 Å². The van der Waals surface area contributed by atoms with Gasteiger partial charge in [-0.15, -0.1) is 0 Å². The first kappa shape index (κ1) is 17.9. The molecule has 6 heteroatoms. The number of aromatic nitrogens is 2. The second kappa shape index (κ2) is 7.65. The molecular weight excluding hydrogens is 352 g/mol. The number of carbonyl (C=O) groups excluding carboxylic acids is 1. The van der Waals surface area contributed by atoms with E-state index >= 15 is 0 Å². The maximum absolute atomic E-state index is 12.4. The largest absolute Gasteiger partial charge is 0.342 e. The second-order valence-electron chi connectivity index (χ2n) is 7.13. The van der Waals surface area contributed by atoms with E-state index < -0.39 is 0 Å². The molecule has 1 aliphatic heterocycles. The van der Waals surface area contributed by atoms with E-state index in [9.17, 15) is 4.79 Å². The van der Waals surface area contributed by atoms with Crippen LogP contribution in [-0.2, 0) is 11.2 Å². The smallest absolute Gasteiger partial charge is 0.257 e. The molecule has 2 heterocycles. The fourth-order valence-corrected chi connectivity index (χ4v) is 3.42. The number of likely N-dealkylation sites (tertiary alicyclic amines) is 1. The number of rotatable bonds is 5. The molecule has 1 amide bonds. The van der Waals surface area contributed by atoms with Crippen LogP contribution in [0.2, 0.25) is 0 Å². The van der Waals surface area contributed by atoms with E-state index in [0.29, 0.717) is 42.4 Å². The minimum Gasteiger partial charge on any atom is -0.342 e. The van der Waals surface area contributed by atoms with Crippen LogP contribution in [-0.4, -0.2) is 34.0 Å². The summed E-state index contributed by atoms with van der Waals surface area (Å²) in [5.74, 6) is 0.971. The van der Waals surface area contributed by atoms with Crippen LogP contribution >= 0.6 is 0 Å². The summed E-state index contributed by atoms with van der Waals surface area (Å²) in [7, 11) is 0. The molecule has 3 aromatic rings. The van der Waals surface area contributed by atoms with Gasteiger partial charge in [0.25, 0.3) is 5.89 Å². The van der Waals surface area contributed by atoms with Crippen LogP contribution < -0.4 is 0 Å². The van der Waals surface area contributed by atoms with Crippen molar-refractivity contribution in [1.29, 1.82) is 5.26 Å². The molecular formula is C22H20N4O2. The molecule has 0 saturated carbocycles. The number of nitriles is 1. The maximum Gasteiger partial charge on any atom is 0.257 e. The molecule has 6 nitrogen and oxygen atoms in total. The Labute approximate surface area is 163 Å². The summed E-state index contributed by atoms with van der Waals surface area (Å²) in [6.07, 6.45) is 1.22. The molecule has 1 unspecified atom stereocenters. The van der Waals surface area contributed by atoms with E-state index in [1.807, 2.05) is 11.0 Å². The minimum absolute atomic E-state index is 0.0674. The third kappa shape index (κ3) is 3.79. The number of aryl methyl sites for hydroxylation is 1. The molecule has 140 valence electrons. The Hall–Kier alpha value is -3.46. The lowest BCUT2D eigenvalue weighted by molar-refractivity contribution is -0.127. The molecule has 1 saturated heterocycles. The molecule has 2 aromatic carbocycles. The zero-order valence-electron chi connectivity index (χ0n) is 15.6. The molecule has 4 rings (SSSR count). The van der Waals surface area contributed by atoms with Crippen molar-refractivity contribution in [1.82, 2.24) is 15.0 Å². The predicted octanol–water partition coefficient (Wildman–Crippen LogP) is 3.48. The SMILES string of the molecule is Cc1ccc(CCN2CC(c3noc(-c4cccc(C#N)c4)n3)CC2=O)cc1. The van der Waals surface area contributed by atoms with Crippen LogP contribution in [0.1, 0.15) is 34.9 Å². The topological polar surface area (TPSA) is 83.0 Å². The molecule has 0 aliphatic carbocycles. The van der Waals surface area contributed by atoms with Gasteiger partial charge in [-0.3, -0.25) is 4.79 Å². The highest BCUT2D eigenvalue weighted by Crippen LogP contribution is 2.28.